The zero-order valence-electron chi connectivity index (χ0n) is 10.7. The Bertz CT molecular complexity index is 183. The van der Waals surface area contributed by atoms with Crippen molar-refractivity contribution in [3.05, 3.63) is 0 Å². The lowest BCUT2D eigenvalue weighted by Crippen LogP contribution is -2.63. The summed E-state index contributed by atoms with van der Waals surface area (Å²) in [6, 6.07) is -2.56. The molecule has 0 aliphatic carbocycles. The molecule has 18 heavy (non-hydrogen) atoms. The Kier molecular flexibility index (Phi) is 11.5. The highest BCUT2D eigenvalue weighted by atomic mass is 16.6. The highest BCUT2D eigenvalue weighted by Crippen LogP contribution is 2.06. The second-order valence-electron chi connectivity index (χ2n) is 4.16. The topological polar surface area (TPSA) is 129 Å². The molecule has 0 aliphatic heterocycles. The highest BCUT2D eigenvalue weighted by molar-refractivity contribution is 4.48. The Labute approximate surface area is 107 Å². The molecular weight excluding hydrogens is 240 g/mol. The molecule has 0 aromatic carbocycles. The maximum absolute atomic E-state index is 8.83. The molecule has 0 rings (SSSR count). The smallest absolute Gasteiger partial charge is 0.323 e. The summed E-state index contributed by atoms with van der Waals surface area (Å²) < 4.78 is 0. The summed E-state index contributed by atoms with van der Waals surface area (Å²) in [6.07, 6.45) is 7.52. The van der Waals surface area contributed by atoms with E-state index in [0.29, 0.717) is 6.54 Å². The molecule has 0 aliphatic rings. The Hall–Kier alpha value is -0.320. The van der Waals surface area contributed by atoms with Crippen molar-refractivity contribution in [1.29, 1.82) is 0 Å². The van der Waals surface area contributed by atoms with Crippen molar-refractivity contribution in [3.8, 4) is 0 Å². The van der Waals surface area contributed by atoms with Gasteiger partial charge in [0.2, 0.25) is 0 Å². The van der Waals surface area contributed by atoms with Crippen molar-refractivity contribution in [3.63, 3.8) is 0 Å². The predicted octanol–water partition coefficient (Wildman–Crippen LogP) is -1.12. The van der Waals surface area contributed by atoms with E-state index in [1.165, 1.54) is 11.9 Å². The van der Waals surface area contributed by atoms with Crippen molar-refractivity contribution in [2.45, 2.75) is 51.0 Å². The van der Waals surface area contributed by atoms with Gasteiger partial charge in [0.05, 0.1) is 0 Å². The summed E-state index contributed by atoms with van der Waals surface area (Å²) >= 11 is 0. The molecule has 0 fully saturated rings. The van der Waals surface area contributed by atoms with Crippen LogP contribution in [0, 0.1) is 0 Å². The van der Waals surface area contributed by atoms with E-state index in [-0.39, 0.29) is 6.61 Å². The summed E-state index contributed by atoms with van der Waals surface area (Å²) in [5.74, 6) is 0. The van der Waals surface area contributed by atoms with E-state index in [1.54, 1.807) is 0 Å². The van der Waals surface area contributed by atoms with Crippen molar-refractivity contribution < 1.29 is 20.5 Å². The Balaban J connectivity index is 3.08. The molecule has 0 radical (unpaired) electrons. The van der Waals surface area contributed by atoms with E-state index in [1.807, 2.05) is 5.43 Å². The lowest BCUT2D eigenvalue weighted by atomic mass is 10.1. The Morgan fingerprint density at radius 1 is 0.833 bits per heavy atom. The molecule has 0 unspecified atom stereocenters. The van der Waals surface area contributed by atoms with Crippen LogP contribution in [0.25, 0.3) is 0 Å². The van der Waals surface area contributed by atoms with Crippen LogP contribution >= 0.6 is 0 Å². The minimum atomic E-state index is -2.56. The number of aliphatic hydroxyl groups excluding tert-OH is 1. The highest BCUT2D eigenvalue weighted by Gasteiger charge is 2.19. The van der Waals surface area contributed by atoms with E-state index in [2.05, 4.69) is 11.0 Å². The second kappa shape index (κ2) is 11.8. The Morgan fingerprint density at radius 2 is 1.39 bits per heavy atom. The molecule has 8 heteroatoms. The number of aliphatic hydroxyl groups is 3. The normalized spacial score (nSPS) is 12.0. The first kappa shape index (κ1) is 17.7. The van der Waals surface area contributed by atoms with Crippen LogP contribution in [0.1, 0.15) is 44.9 Å². The van der Waals surface area contributed by atoms with Gasteiger partial charge in [-0.2, -0.15) is 11.0 Å². The van der Waals surface area contributed by atoms with Crippen LogP contribution in [0.2, 0.25) is 0 Å². The van der Waals surface area contributed by atoms with Gasteiger partial charge >= 0.3 is 6.03 Å². The summed E-state index contributed by atoms with van der Waals surface area (Å²) in [5.41, 5.74) is 8.32. The van der Waals surface area contributed by atoms with Crippen LogP contribution in [0.4, 0.5) is 0 Å². The zero-order valence-corrected chi connectivity index (χ0v) is 10.7. The molecular formula is C10H26N4O4. The van der Waals surface area contributed by atoms with Crippen LogP contribution in [0.5, 0.6) is 0 Å². The van der Waals surface area contributed by atoms with E-state index < -0.39 is 6.03 Å². The molecule has 0 spiro atoms. The van der Waals surface area contributed by atoms with Crippen molar-refractivity contribution in [1.82, 2.24) is 21.9 Å². The third kappa shape index (κ3) is 12.1. The van der Waals surface area contributed by atoms with Crippen LogP contribution in [0.15, 0.2) is 0 Å². The van der Waals surface area contributed by atoms with Crippen molar-refractivity contribution >= 4 is 0 Å². The summed E-state index contributed by atoms with van der Waals surface area (Å²) in [6.45, 7) is 0.952. The number of rotatable bonds is 13. The molecule has 0 amide bonds. The monoisotopic (exact) mass is 266 g/mol. The SMILES string of the molecule is OCCCCCCCCCNNNC(O)(O)NO. The number of nitrogens with one attached hydrogen (secondary N) is 4. The zero-order chi connectivity index (χ0) is 13.7. The van der Waals surface area contributed by atoms with Crippen LogP contribution in [0.3, 0.4) is 0 Å². The molecule has 0 heterocycles. The Morgan fingerprint density at radius 3 is 1.94 bits per heavy atom. The quantitative estimate of drug-likeness (QED) is 0.120. The first-order valence-electron chi connectivity index (χ1n) is 6.34. The predicted molar refractivity (Wildman–Crippen MR) is 65.8 cm³/mol. The van der Waals surface area contributed by atoms with Gasteiger partial charge < -0.3 is 20.5 Å². The van der Waals surface area contributed by atoms with Crippen molar-refractivity contribution in [2.24, 2.45) is 0 Å². The number of hydrazine groups is 2. The fourth-order valence-electron chi connectivity index (χ4n) is 1.43. The molecule has 8 N–H and O–H groups in total. The summed E-state index contributed by atoms with van der Waals surface area (Å²) in [7, 11) is 0. The molecule has 0 atom stereocenters. The van der Waals surface area contributed by atoms with Gasteiger partial charge in [0.1, 0.15) is 0 Å². The minimum Gasteiger partial charge on any atom is -0.396 e. The lowest BCUT2D eigenvalue weighted by Gasteiger charge is -2.20. The average Bonchev–Trinajstić information content (AvgIpc) is 2.36. The number of unbranched alkanes of at least 4 members (excludes halogenated alkanes) is 6. The molecule has 110 valence electrons. The second-order valence-corrected chi connectivity index (χ2v) is 4.16. The summed E-state index contributed by atoms with van der Waals surface area (Å²) in [5, 5.41) is 34.5. The van der Waals surface area contributed by atoms with Crippen LogP contribution in [-0.2, 0) is 0 Å². The van der Waals surface area contributed by atoms with Gasteiger partial charge in [-0.25, -0.2) is 5.43 Å². The van der Waals surface area contributed by atoms with Crippen LogP contribution < -0.4 is 21.9 Å². The van der Waals surface area contributed by atoms with Gasteiger partial charge in [0, 0.05) is 13.2 Å². The molecule has 0 saturated carbocycles. The van der Waals surface area contributed by atoms with Gasteiger partial charge in [-0.1, -0.05) is 32.1 Å². The standard InChI is InChI=1S/C10H26N4O4/c15-9-7-5-3-1-2-4-6-8-11-14-12-10(16,17)13-18/h11-18H,1-9H2. The molecule has 8 nitrogen and oxygen atoms in total. The molecule has 0 saturated heterocycles. The van der Waals surface area contributed by atoms with Gasteiger partial charge in [-0.15, -0.1) is 5.48 Å². The molecule has 0 aromatic heterocycles. The first-order valence-corrected chi connectivity index (χ1v) is 6.34. The molecule has 0 aromatic rings. The maximum atomic E-state index is 8.83. The number of hydroxylamine groups is 1. The van der Waals surface area contributed by atoms with Gasteiger partial charge in [-0.05, 0) is 12.8 Å². The third-order valence-corrected chi connectivity index (χ3v) is 2.44. The largest absolute Gasteiger partial charge is 0.396 e. The van der Waals surface area contributed by atoms with Gasteiger partial charge in [0.15, 0.2) is 0 Å². The maximum Gasteiger partial charge on any atom is 0.323 e. The number of hydrogen-bond acceptors (Lipinski definition) is 8. The fraction of sp³-hybridized carbons (Fsp3) is 1.00. The first-order chi connectivity index (χ1) is 8.62. The average molecular weight is 266 g/mol. The fourth-order valence-corrected chi connectivity index (χ4v) is 1.43. The third-order valence-electron chi connectivity index (χ3n) is 2.44. The van der Waals surface area contributed by atoms with E-state index in [0.717, 1.165) is 38.5 Å². The molecule has 0 bridgehead atoms. The lowest BCUT2D eigenvalue weighted by molar-refractivity contribution is -0.269. The minimum absolute atomic E-state index is 0.280. The van der Waals surface area contributed by atoms with Gasteiger partial charge in [-0.3, -0.25) is 0 Å². The van der Waals surface area contributed by atoms with E-state index >= 15 is 0 Å². The number of hydrogen-bond donors (Lipinski definition) is 8. The van der Waals surface area contributed by atoms with Crippen LogP contribution in [-0.4, -0.2) is 39.7 Å². The van der Waals surface area contributed by atoms with Crippen molar-refractivity contribution in [2.75, 3.05) is 13.2 Å². The summed E-state index contributed by atoms with van der Waals surface area (Å²) in [4.78, 5) is 0. The van der Waals surface area contributed by atoms with E-state index in [9.17, 15) is 0 Å². The van der Waals surface area contributed by atoms with E-state index in [4.69, 9.17) is 20.5 Å². The van der Waals surface area contributed by atoms with Gasteiger partial charge in [0.25, 0.3) is 0 Å².